The maximum Gasteiger partial charge on any atom is 0.158 e. The van der Waals surface area contributed by atoms with E-state index in [4.69, 9.17) is 4.74 Å². The van der Waals surface area contributed by atoms with Crippen LogP contribution >= 0.6 is 0 Å². The molecule has 0 aliphatic heterocycles. The summed E-state index contributed by atoms with van der Waals surface area (Å²) in [5, 5.41) is 19.9. The van der Waals surface area contributed by atoms with Crippen molar-refractivity contribution in [2.75, 3.05) is 27.2 Å². The van der Waals surface area contributed by atoms with Gasteiger partial charge >= 0.3 is 0 Å². The van der Waals surface area contributed by atoms with E-state index in [-0.39, 0.29) is 11.5 Å². The van der Waals surface area contributed by atoms with Crippen molar-refractivity contribution in [3.05, 3.63) is 89.5 Å². The molecule has 0 atom stereocenters. The van der Waals surface area contributed by atoms with Gasteiger partial charge in [0.25, 0.3) is 0 Å². The van der Waals surface area contributed by atoms with Crippen molar-refractivity contribution in [3.8, 4) is 17.2 Å². The smallest absolute Gasteiger partial charge is 0.158 e. The second kappa shape index (κ2) is 9.99. The summed E-state index contributed by atoms with van der Waals surface area (Å²) in [4.78, 5) is 2.08. The topological polar surface area (TPSA) is 52.9 Å². The molecule has 4 heteroatoms. The molecular formula is C26H29NO3. The lowest BCUT2D eigenvalue weighted by Gasteiger charge is -2.17. The van der Waals surface area contributed by atoms with Gasteiger partial charge in [0, 0.05) is 6.54 Å². The maximum atomic E-state index is 10.1. The maximum absolute atomic E-state index is 10.1. The van der Waals surface area contributed by atoms with E-state index in [1.54, 1.807) is 6.07 Å². The minimum Gasteiger partial charge on any atom is -0.504 e. The van der Waals surface area contributed by atoms with Crippen LogP contribution < -0.4 is 4.74 Å². The van der Waals surface area contributed by atoms with Crippen LogP contribution in [0, 0.1) is 0 Å². The Labute approximate surface area is 178 Å². The monoisotopic (exact) mass is 403 g/mol. The molecule has 2 N–H and O–H groups in total. The summed E-state index contributed by atoms with van der Waals surface area (Å²) in [5.41, 5.74) is 5.21. The van der Waals surface area contributed by atoms with Crippen LogP contribution in [0.1, 0.15) is 30.0 Å². The van der Waals surface area contributed by atoms with Crippen LogP contribution in [0.25, 0.3) is 11.1 Å². The van der Waals surface area contributed by atoms with Crippen molar-refractivity contribution in [2.45, 2.75) is 13.3 Å². The van der Waals surface area contributed by atoms with Crippen LogP contribution in [-0.2, 0) is 0 Å². The number of nitrogens with zero attached hydrogens (tertiary/aromatic N) is 1. The van der Waals surface area contributed by atoms with Crippen LogP contribution in [0.5, 0.6) is 17.2 Å². The first-order valence-electron chi connectivity index (χ1n) is 10.2. The van der Waals surface area contributed by atoms with Gasteiger partial charge in [-0.05, 0) is 72.6 Å². The molecule has 0 bridgehead atoms. The summed E-state index contributed by atoms with van der Waals surface area (Å²) >= 11 is 0. The van der Waals surface area contributed by atoms with E-state index in [2.05, 4.69) is 24.0 Å². The number of allylic oxidation sites excluding steroid dienone is 1. The average Bonchev–Trinajstić information content (AvgIpc) is 2.75. The quantitative estimate of drug-likeness (QED) is 0.390. The Hall–Kier alpha value is -3.24. The van der Waals surface area contributed by atoms with Crippen LogP contribution in [-0.4, -0.2) is 42.4 Å². The first-order chi connectivity index (χ1) is 14.5. The minimum absolute atomic E-state index is 0.125. The Morgan fingerprint density at radius 3 is 2.07 bits per heavy atom. The summed E-state index contributed by atoms with van der Waals surface area (Å²) in [6.07, 6.45) is 0.821. The Morgan fingerprint density at radius 1 is 0.800 bits per heavy atom. The number of hydrogen-bond acceptors (Lipinski definition) is 4. The molecule has 4 nitrogen and oxygen atoms in total. The van der Waals surface area contributed by atoms with E-state index >= 15 is 0 Å². The highest BCUT2D eigenvalue weighted by atomic mass is 16.5. The summed E-state index contributed by atoms with van der Waals surface area (Å²) in [6.45, 7) is 3.61. The van der Waals surface area contributed by atoms with Crippen LogP contribution in [0.4, 0.5) is 0 Å². The van der Waals surface area contributed by atoms with E-state index in [1.807, 2.05) is 62.6 Å². The summed E-state index contributed by atoms with van der Waals surface area (Å²) in [6, 6.07) is 23.3. The molecule has 0 aliphatic rings. The summed E-state index contributed by atoms with van der Waals surface area (Å²) < 4.78 is 5.83. The molecule has 0 saturated carbocycles. The highest BCUT2D eigenvalue weighted by Crippen LogP contribution is 2.37. The first kappa shape index (κ1) is 21.5. The predicted octanol–water partition coefficient (Wildman–Crippen LogP) is 5.41. The Bertz CT molecular complexity index is 993. The van der Waals surface area contributed by atoms with Gasteiger partial charge in [-0.15, -0.1) is 0 Å². The zero-order valence-electron chi connectivity index (χ0n) is 17.8. The molecule has 0 unspecified atom stereocenters. The molecule has 0 fully saturated rings. The van der Waals surface area contributed by atoms with E-state index in [9.17, 15) is 10.2 Å². The van der Waals surface area contributed by atoms with E-state index in [0.29, 0.717) is 6.61 Å². The number of rotatable bonds is 8. The van der Waals surface area contributed by atoms with Gasteiger partial charge in [0.2, 0.25) is 0 Å². The van der Waals surface area contributed by atoms with Crippen LogP contribution in [0.2, 0.25) is 0 Å². The van der Waals surface area contributed by atoms with E-state index in [0.717, 1.165) is 41.0 Å². The zero-order chi connectivity index (χ0) is 21.5. The van der Waals surface area contributed by atoms with Crippen molar-refractivity contribution >= 4 is 11.1 Å². The molecule has 3 aromatic rings. The number of aromatic hydroxyl groups is 2. The van der Waals surface area contributed by atoms with Gasteiger partial charge in [0.1, 0.15) is 12.4 Å². The average molecular weight is 404 g/mol. The molecule has 156 valence electrons. The van der Waals surface area contributed by atoms with Gasteiger partial charge in [0.15, 0.2) is 11.5 Å². The standard InChI is InChI=1S/C26H29NO3/c1-4-23(19-8-6-5-7-9-19)26(21-12-15-24(28)25(29)18-21)20-10-13-22(14-11-20)30-17-16-27(2)3/h5-15,18,28-29H,4,16-17H2,1-3H3/b26-23+. The fourth-order valence-corrected chi connectivity index (χ4v) is 3.42. The molecule has 0 heterocycles. The SMILES string of the molecule is CC/C(=C(/c1ccc(OCCN(C)C)cc1)c1ccc(O)c(O)c1)c1ccccc1. The third-order valence-corrected chi connectivity index (χ3v) is 4.99. The van der Waals surface area contributed by atoms with Gasteiger partial charge in [-0.2, -0.15) is 0 Å². The molecule has 0 aromatic heterocycles. The lowest BCUT2D eigenvalue weighted by atomic mass is 9.88. The number of phenolic OH excluding ortho intramolecular Hbond substituents is 2. The number of phenols is 2. The first-order valence-corrected chi connectivity index (χ1v) is 10.2. The second-order valence-corrected chi connectivity index (χ2v) is 7.45. The van der Waals surface area contributed by atoms with E-state index < -0.39 is 0 Å². The molecule has 3 aromatic carbocycles. The van der Waals surface area contributed by atoms with Gasteiger partial charge in [-0.3, -0.25) is 0 Å². The van der Waals surface area contributed by atoms with Crippen molar-refractivity contribution in [3.63, 3.8) is 0 Å². The van der Waals surface area contributed by atoms with Crippen LogP contribution in [0.15, 0.2) is 72.8 Å². The third-order valence-electron chi connectivity index (χ3n) is 4.99. The Balaban J connectivity index is 2.06. The van der Waals surface area contributed by atoms with E-state index in [1.165, 1.54) is 11.6 Å². The molecular weight excluding hydrogens is 374 g/mol. The fraction of sp³-hybridized carbons (Fsp3) is 0.231. The molecule has 0 spiro atoms. The number of benzene rings is 3. The Kier molecular flexibility index (Phi) is 7.15. The van der Waals surface area contributed by atoms with Crippen molar-refractivity contribution < 1.29 is 14.9 Å². The van der Waals surface area contributed by atoms with Gasteiger partial charge in [-0.25, -0.2) is 0 Å². The van der Waals surface area contributed by atoms with Crippen molar-refractivity contribution in [1.29, 1.82) is 0 Å². The number of hydrogen-bond donors (Lipinski definition) is 2. The highest BCUT2D eigenvalue weighted by molar-refractivity contribution is 5.98. The fourth-order valence-electron chi connectivity index (χ4n) is 3.42. The largest absolute Gasteiger partial charge is 0.504 e. The van der Waals surface area contributed by atoms with Gasteiger partial charge in [-0.1, -0.05) is 55.5 Å². The third kappa shape index (κ3) is 5.22. The number of likely N-dealkylation sites (N-methyl/N-ethyl adjacent to an activating group) is 1. The van der Waals surface area contributed by atoms with Gasteiger partial charge in [0.05, 0.1) is 0 Å². The molecule has 30 heavy (non-hydrogen) atoms. The minimum atomic E-state index is -0.128. The number of ether oxygens (including phenoxy) is 1. The molecule has 3 rings (SSSR count). The molecule has 0 amide bonds. The molecule has 0 saturated heterocycles. The summed E-state index contributed by atoms with van der Waals surface area (Å²) in [5.74, 6) is 0.573. The lowest BCUT2D eigenvalue weighted by Crippen LogP contribution is -2.19. The van der Waals surface area contributed by atoms with Crippen molar-refractivity contribution in [2.24, 2.45) is 0 Å². The Morgan fingerprint density at radius 2 is 1.47 bits per heavy atom. The highest BCUT2D eigenvalue weighted by Gasteiger charge is 2.15. The lowest BCUT2D eigenvalue weighted by molar-refractivity contribution is 0.261. The molecule has 0 radical (unpaired) electrons. The van der Waals surface area contributed by atoms with Gasteiger partial charge < -0.3 is 19.8 Å². The summed E-state index contributed by atoms with van der Waals surface area (Å²) in [7, 11) is 4.04. The second-order valence-electron chi connectivity index (χ2n) is 7.45. The molecule has 0 aliphatic carbocycles. The van der Waals surface area contributed by atoms with Crippen LogP contribution in [0.3, 0.4) is 0 Å². The zero-order valence-corrected chi connectivity index (χ0v) is 17.8. The normalized spacial score (nSPS) is 12.0. The predicted molar refractivity (Wildman–Crippen MR) is 123 cm³/mol. The van der Waals surface area contributed by atoms with Crippen molar-refractivity contribution in [1.82, 2.24) is 4.90 Å².